The van der Waals surface area contributed by atoms with Crippen LogP contribution in [0, 0.1) is 13.8 Å². The fraction of sp³-hybridized carbons (Fsp3) is 0.133. The molecule has 2 aromatic heterocycles. The van der Waals surface area contributed by atoms with Gasteiger partial charge >= 0.3 is 0 Å². The summed E-state index contributed by atoms with van der Waals surface area (Å²) in [4.78, 5) is 8.19. The first-order valence-corrected chi connectivity index (χ1v) is 8.85. The first-order valence-electron chi connectivity index (χ1n) is 6.99. The predicted molar refractivity (Wildman–Crippen MR) is 90.9 cm³/mol. The number of halogens is 1. The summed E-state index contributed by atoms with van der Waals surface area (Å²) in [7, 11) is -3.76. The third-order valence-electron chi connectivity index (χ3n) is 3.24. The number of anilines is 1. The summed E-state index contributed by atoms with van der Waals surface area (Å²) in [6.07, 6.45) is 1.28. The SMILES string of the molecule is Cc1cc(C)n(-c2cc(NS(=O)(=O)c3ccc(Cl)cc3)ncn2)n1. The van der Waals surface area contributed by atoms with Gasteiger partial charge in [0.15, 0.2) is 5.82 Å². The zero-order valence-electron chi connectivity index (χ0n) is 12.9. The van der Waals surface area contributed by atoms with Gasteiger partial charge in [0.1, 0.15) is 12.1 Å². The minimum absolute atomic E-state index is 0.0955. The average Bonchev–Trinajstić information content (AvgIpc) is 2.86. The van der Waals surface area contributed by atoms with Crippen LogP contribution in [0.15, 0.2) is 47.6 Å². The van der Waals surface area contributed by atoms with E-state index in [0.29, 0.717) is 10.8 Å². The van der Waals surface area contributed by atoms with Gasteiger partial charge in [0, 0.05) is 16.8 Å². The number of sulfonamides is 1. The summed E-state index contributed by atoms with van der Waals surface area (Å²) < 4.78 is 28.8. The topological polar surface area (TPSA) is 89.8 Å². The lowest BCUT2D eigenvalue weighted by molar-refractivity contribution is 0.601. The van der Waals surface area contributed by atoms with E-state index < -0.39 is 10.0 Å². The molecule has 0 spiro atoms. The average molecular weight is 364 g/mol. The highest BCUT2D eigenvalue weighted by Gasteiger charge is 2.16. The third kappa shape index (κ3) is 3.39. The van der Waals surface area contributed by atoms with Gasteiger partial charge < -0.3 is 0 Å². The molecular weight excluding hydrogens is 350 g/mol. The fourth-order valence-electron chi connectivity index (χ4n) is 2.19. The van der Waals surface area contributed by atoms with Crippen molar-refractivity contribution in [1.29, 1.82) is 0 Å². The van der Waals surface area contributed by atoms with Crippen LogP contribution < -0.4 is 4.72 Å². The van der Waals surface area contributed by atoms with Crippen molar-refractivity contribution in [2.24, 2.45) is 0 Å². The molecule has 2 heterocycles. The molecule has 0 radical (unpaired) electrons. The third-order valence-corrected chi connectivity index (χ3v) is 4.86. The maximum atomic E-state index is 12.4. The molecule has 7 nitrogen and oxygen atoms in total. The van der Waals surface area contributed by atoms with Crippen LogP contribution in [0.3, 0.4) is 0 Å². The van der Waals surface area contributed by atoms with E-state index in [2.05, 4.69) is 19.8 Å². The Bertz CT molecular complexity index is 983. The molecule has 0 atom stereocenters. The zero-order chi connectivity index (χ0) is 17.3. The number of benzene rings is 1. The second-order valence-corrected chi connectivity index (χ2v) is 7.28. The predicted octanol–water partition coefficient (Wildman–Crippen LogP) is 2.73. The first-order chi connectivity index (χ1) is 11.3. The minimum Gasteiger partial charge on any atom is -0.263 e. The molecule has 0 fully saturated rings. The number of nitrogens with zero attached hydrogens (tertiary/aromatic N) is 4. The normalized spacial score (nSPS) is 11.5. The number of rotatable bonds is 4. The van der Waals surface area contributed by atoms with Gasteiger partial charge in [0.05, 0.1) is 10.6 Å². The molecule has 24 heavy (non-hydrogen) atoms. The lowest BCUT2D eigenvalue weighted by Gasteiger charge is -2.09. The lowest BCUT2D eigenvalue weighted by Crippen LogP contribution is -2.14. The van der Waals surface area contributed by atoms with E-state index in [9.17, 15) is 8.42 Å². The molecule has 0 amide bonds. The molecule has 0 unspecified atom stereocenters. The van der Waals surface area contributed by atoms with Crippen molar-refractivity contribution in [2.75, 3.05) is 4.72 Å². The molecule has 0 aliphatic rings. The molecule has 0 aliphatic carbocycles. The highest BCUT2D eigenvalue weighted by molar-refractivity contribution is 7.92. The standard InChI is InChI=1S/C15H14ClN5O2S/c1-10-7-11(2)21(19-10)15-8-14(17-9-18-15)20-24(22,23)13-5-3-12(16)4-6-13/h3-9H,1-2H3,(H,17,18,20). The Morgan fingerprint density at radius 3 is 2.42 bits per heavy atom. The number of hydrogen-bond donors (Lipinski definition) is 1. The van der Waals surface area contributed by atoms with Gasteiger partial charge in [0.25, 0.3) is 10.0 Å². The van der Waals surface area contributed by atoms with Gasteiger partial charge in [-0.1, -0.05) is 11.6 Å². The van der Waals surface area contributed by atoms with Crippen molar-refractivity contribution in [2.45, 2.75) is 18.7 Å². The van der Waals surface area contributed by atoms with Crippen molar-refractivity contribution in [3.05, 3.63) is 59.1 Å². The molecule has 3 aromatic rings. The maximum absolute atomic E-state index is 12.4. The lowest BCUT2D eigenvalue weighted by atomic mass is 10.4. The van der Waals surface area contributed by atoms with Gasteiger partial charge in [-0.05, 0) is 44.2 Å². The van der Waals surface area contributed by atoms with Crippen LogP contribution in [0.4, 0.5) is 5.82 Å². The summed E-state index contributed by atoms with van der Waals surface area (Å²) in [6, 6.07) is 9.29. The quantitative estimate of drug-likeness (QED) is 0.769. The van der Waals surface area contributed by atoms with Crippen LogP contribution in [0.2, 0.25) is 5.02 Å². The molecular formula is C15H14ClN5O2S. The van der Waals surface area contributed by atoms with Crippen molar-refractivity contribution < 1.29 is 8.42 Å². The van der Waals surface area contributed by atoms with E-state index >= 15 is 0 Å². The van der Waals surface area contributed by atoms with Gasteiger partial charge in [0.2, 0.25) is 0 Å². The largest absolute Gasteiger partial charge is 0.263 e. The fourth-order valence-corrected chi connectivity index (χ4v) is 3.32. The van der Waals surface area contributed by atoms with Crippen LogP contribution in [-0.4, -0.2) is 28.2 Å². The van der Waals surface area contributed by atoms with Crippen LogP contribution in [0.1, 0.15) is 11.4 Å². The molecule has 0 saturated heterocycles. The van der Waals surface area contributed by atoms with Crippen molar-refractivity contribution in [1.82, 2.24) is 19.7 Å². The smallest absolute Gasteiger partial charge is 0.263 e. The second-order valence-electron chi connectivity index (χ2n) is 5.16. The van der Waals surface area contributed by atoms with Gasteiger partial charge in [-0.25, -0.2) is 23.1 Å². The van der Waals surface area contributed by atoms with E-state index in [1.54, 1.807) is 4.68 Å². The van der Waals surface area contributed by atoms with Crippen molar-refractivity contribution >= 4 is 27.4 Å². The van der Waals surface area contributed by atoms with Gasteiger partial charge in [-0.3, -0.25) is 4.72 Å². The first kappa shape index (κ1) is 16.4. The molecule has 9 heteroatoms. The number of nitrogens with one attached hydrogen (secondary N) is 1. The van der Waals surface area contributed by atoms with Gasteiger partial charge in [-0.2, -0.15) is 5.10 Å². The summed E-state index contributed by atoms with van der Waals surface area (Å²) in [5.74, 6) is 0.631. The molecule has 0 saturated carbocycles. The number of aromatic nitrogens is 4. The van der Waals surface area contributed by atoms with Crippen LogP contribution in [-0.2, 0) is 10.0 Å². The van der Waals surface area contributed by atoms with Crippen molar-refractivity contribution in [3.8, 4) is 5.82 Å². The molecule has 124 valence electrons. The number of aryl methyl sites for hydroxylation is 2. The van der Waals surface area contributed by atoms with E-state index in [-0.39, 0.29) is 10.7 Å². The molecule has 0 bridgehead atoms. The van der Waals surface area contributed by atoms with Gasteiger partial charge in [-0.15, -0.1) is 0 Å². The molecule has 3 rings (SSSR count). The van der Waals surface area contributed by atoms with E-state index in [0.717, 1.165) is 11.4 Å². The summed E-state index contributed by atoms with van der Waals surface area (Å²) in [5.41, 5.74) is 1.73. The summed E-state index contributed by atoms with van der Waals surface area (Å²) in [6.45, 7) is 3.76. The van der Waals surface area contributed by atoms with Crippen LogP contribution >= 0.6 is 11.6 Å². The molecule has 1 N–H and O–H groups in total. The summed E-state index contributed by atoms with van der Waals surface area (Å²) in [5, 5.41) is 4.78. The van der Waals surface area contributed by atoms with E-state index in [1.165, 1.54) is 36.7 Å². The van der Waals surface area contributed by atoms with Crippen molar-refractivity contribution in [3.63, 3.8) is 0 Å². The van der Waals surface area contributed by atoms with E-state index in [4.69, 9.17) is 11.6 Å². The Kier molecular flexibility index (Phi) is 4.25. The second kappa shape index (κ2) is 6.21. The minimum atomic E-state index is -3.76. The van der Waals surface area contributed by atoms with E-state index in [1.807, 2.05) is 19.9 Å². The van der Waals surface area contributed by atoms with Crippen LogP contribution in [0.25, 0.3) is 5.82 Å². The Morgan fingerprint density at radius 1 is 1.08 bits per heavy atom. The molecule has 0 aliphatic heterocycles. The van der Waals surface area contributed by atoms with Crippen LogP contribution in [0.5, 0.6) is 0 Å². The molecule has 1 aromatic carbocycles. The Hall–Kier alpha value is -2.45. The maximum Gasteiger partial charge on any atom is 0.263 e. The number of hydrogen-bond acceptors (Lipinski definition) is 5. The monoisotopic (exact) mass is 363 g/mol. The Labute approximate surface area is 144 Å². The Balaban J connectivity index is 1.92. The highest BCUT2D eigenvalue weighted by Crippen LogP contribution is 2.18. The zero-order valence-corrected chi connectivity index (χ0v) is 14.5. The highest BCUT2D eigenvalue weighted by atomic mass is 35.5. The Morgan fingerprint density at radius 2 is 1.79 bits per heavy atom. The summed E-state index contributed by atoms with van der Waals surface area (Å²) >= 11 is 5.78.